The van der Waals surface area contributed by atoms with Crippen molar-refractivity contribution in [1.82, 2.24) is 9.97 Å². The molecule has 2 rings (SSSR count). The molecule has 0 fully saturated rings. The first kappa shape index (κ1) is 15.1. The van der Waals surface area contributed by atoms with Crippen LogP contribution >= 0.6 is 0 Å². The van der Waals surface area contributed by atoms with E-state index >= 15 is 0 Å². The fourth-order valence-corrected chi connectivity index (χ4v) is 1.97. The van der Waals surface area contributed by atoms with Crippen molar-refractivity contribution in [3.63, 3.8) is 0 Å². The second-order valence-corrected chi connectivity index (χ2v) is 4.89. The predicted octanol–water partition coefficient (Wildman–Crippen LogP) is 3.28. The monoisotopic (exact) mass is 298 g/mol. The van der Waals surface area contributed by atoms with Gasteiger partial charge in [0, 0.05) is 5.56 Å². The molecule has 4 nitrogen and oxygen atoms in total. The number of aromatic nitrogens is 2. The minimum Gasteiger partial charge on any atom is -0.493 e. The van der Waals surface area contributed by atoms with Gasteiger partial charge < -0.3 is 10.1 Å². The molecular formula is C14H13F3N2O2. The van der Waals surface area contributed by atoms with Crippen LogP contribution in [0.5, 0.6) is 5.88 Å². The molecule has 7 heteroatoms. The highest BCUT2D eigenvalue weighted by Crippen LogP contribution is 2.31. The summed E-state index contributed by atoms with van der Waals surface area (Å²) in [6.45, 7) is 3.41. The molecule has 1 heterocycles. The van der Waals surface area contributed by atoms with Crippen molar-refractivity contribution in [1.29, 1.82) is 0 Å². The van der Waals surface area contributed by atoms with Gasteiger partial charge in [-0.3, -0.25) is 4.79 Å². The summed E-state index contributed by atoms with van der Waals surface area (Å²) < 4.78 is 38.0. The topological polar surface area (TPSA) is 66.0 Å². The van der Waals surface area contributed by atoms with Gasteiger partial charge in [-0.15, -0.1) is 0 Å². The fourth-order valence-electron chi connectivity index (χ4n) is 1.97. The van der Waals surface area contributed by atoms with Crippen molar-refractivity contribution in [2.24, 2.45) is 0 Å². The number of hydrogen-bond acceptors (Lipinski definition) is 3. The van der Waals surface area contributed by atoms with Crippen LogP contribution < -0.4 is 5.56 Å². The number of aromatic amines is 1. The maximum atomic E-state index is 12.7. The van der Waals surface area contributed by atoms with Crippen LogP contribution in [0.15, 0.2) is 29.1 Å². The van der Waals surface area contributed by atoms with E-state index in [1.54, 1.807) is 13.8 Å². The second kappa shape index (κ2) is 5.23. The Bertz CT molecular complexity index is 721. The van der Waals surface area contributed by atoms with Gasteiger partial charge in [-0.1, -0.05) is 26.0 Å². The average molecular weight is 298 g/mol. The van der Waals surface area contributed by atoms with Crippen LogP contribution in [0.1, 0.15) is 30.9 Å². The summed E-state index contributed by atoms with van der Waals surface area (Å²) >= 11 is 0. The number of nitrogens with zero attached hydrogens (tertiary/aromatic N) is 1. The summed E-state index contributed by atoms with van der Waals surface area (Å²) in [5.41, 5.74) is -1.24. The van der Waals surface area contributed by atoms with Crippen molar-refractivity contribution in [3.8, 4) is 17.3 Å². The molecule has 0 spiro atoms. The van der Waals surface area contributed by atoms with E-state index in [-0.39, 0.29) is 22.9 Å². The van der Waals surface area contributed by atoms with Gasteiger partial charge in [0.2, 0.25) is 5.88 Å². The molecule has 2 N–H and O–H groups in total. The van der Waals surface area contributed by atoms with E-state index in [0.29, 0.717) is 0 Å². The third kappa shape index (κ3) is 3.07. The molecule has 0 radical (unpaired) electrons. The molecule has 1 aromatic carbocycles. The van der Waals surface area contributed by atoms with Crippen LogP contribution in [0.3, 0.4) is 0 Å². The standard InChI is InChI=1S/C14H13F3N2O2/c1-7(2)10-12(20)18-11(19-13(10)21)8-4-3-5-9(6-8)14(15,16)17/h3-7H,1-2H3,(H2,18,19,20,21). The SMILES string of the molecule is CC(C)c1c(O)nc(-c2cccc(C(F)(F)F)c2)[nH]c1=O. The lowest BCUT2D eigenvalue weighted by Gasteiger charge is -2.10. The number of H-pyrrole nitrogens is 1. The third-order valence-electron chi connectivity index (χ3n) is 2.98. The Hall–Kier alpha value is -2.31. The van der Waals surface area contributed by atoms with E-state index in [1.165, 1.54) is 12.1 Å². The molecule has 0 atom stereocenters. The highest BCUT2D eigenvalue weighted by molar-refractivity contribution is 5.57. The van der Waals surface area contributed by atoms with Crippen LogP contribution in [0.2, 0.25) is 0 Å². The van der Waals surface area contributed by atoms with Crippen LogP contribution in [-0.4, -0.2) is 15.1 Å². The van der Waals surface area contributed by atoms with Gasteiger partial charge in [-0.2, -0.15) is 18.2 Å². The molecule has 0 saturated heterocycles. The zero-order valence-corrected chi connectivity index (χ0v) is 11.3. The quantitative estimate of drug-likeness (QED) is 0.894. The fraction of sp³-hybridized carbons (Fsp3) is 0.286. The number of hydrogen-bond donors (Lipinski definition) is 2. The minimum atomic E-state index is -4.49. The zero-order chi connectivity index (χ0) is 15.8. The Morgan fingerprint density at radius 2 is 1.95 bits per heavy atom. The third-order valence-corrected chi connectivity index (χ3v) is 2.98. The molecule has 0 unspecified atom stereocenters. The number of halogens is 3. The van der Waals surface area contributed by atoms with Crippen LogP contribution in [0.4, 0.5) is 13.2 Å². The van der Waals surface area contributed by atoms with E-state index in [2.05, 4.69) is 9.97 Å². The van der Waals surface area contributed by atoms with Gasteiger partial charge in [0.15, 0.2) is 0 Å². The first-order valence-corrected chi connectivity index (χ1v) is 6.21. The highest BCUT2D eigenvalue weighted by atomic mass is 19.4. The minimum absolute atomic E-state index is 0.0764. The molecule has 0 amide bonds. The van der Waals surface area contributed by atoms with Crippen LogP contribution in [0.25, 0.3) is 11.4 Å². The molecule has 112 valence electrons. The lowest BCUT2D eigenvalue weighted by atomic mass is 10.1. The Morgan fingerprint density at radius 3 is 2.48 bits per heavy atom. The lowest BCUT2D eigenvalue weighted by molar-refractivity contribution is -0.137. The van der Waals surface area contributed by atoms with Gasteiger partial charge in [0.05, 0.1) is 11.1 Å². The molecule has 0 aliphatic rings. The number of aromatic hydroxyl groups is 1. The molecule has 0 bridgehead atoms. The van der Waals surface area contributed by atoms with E-state index in [0.717, 1.165) is 12.1 Å². The molecule has 21 heavy (non-hydrogen) atoms. The zero-order valence-electron chi connectivity index (χ0n) is 11.3. The molecule has 0 aliphatic heterocycles. The Labute approximate surface area is 118 Å². The Morgan fingerprint density at radius 1 is 1.29 bits per heavy atom. The summed E-state index contributed by atoms with van der Waals surface area (Å²) in [7, 11) is 0. The normalized spacial score (nSPS) is 11.9. The van der Waals surface area contributed by atoms with E-state index in [4.69, 9.17) is 0 Å². The maximum absolute atomic E-state index is 12.7. The lowest BCUT2D eigenvalue weighted by Crippen LogP contribution is -2.16. The summed E-state index contributed by atoms with van der Waals surface area (Å²) in [4.78, 5) is 18.1. The molecular weight excluding hydrogens is 285 g/mol. The summed E-state index contributed by atoms with van der Waals surface area (Å²) in [5, 5.41) is 9.78. The van der Waals surface area contributed by atoms with Crippen molar-refractivity contribution in [2.45, 2.75) is 25.9 Å². The first-order chi connectivity index (χ1) is 9.70. The summed E-state index contributed by atoms with van der Waals surface area (Å²) in [5.74, 6) is -0.828. The van der Waals surface area contributed by atoms with Crippen molar-refractivity contribution in [2.75, 3.05) is 0 Å². The van der Waals surface area contributed by atoms with Crippen molar-refractivity contribution in [3.05, 3.63) is 45.7 Å². The number of rotatable bonds is 2. The molecule has 0 saturated carbocycles. The Balaban J connectivity index is 2.56. The first-order valence-electron chi connectivity index (χ1n) is 6.21. The number of nitrogens with one attached hydrogen (secondary N) is 1. The van der Waals surface area contributed by atoms with Gasteiger partial charge >= 0.3 is 6.18 Å². The number of alkyl halides is 3. The average Bonchev–Trinajstić information content (AvgIpc) is 2.36. The van der Waals surface area contributed by atoms with Crippen molar-refractivity contribution < 1.29 is 18.3 Å². The summed E-state index contributed by atoms with van der Waals surface area (Å²) in [6, 6.07) is 4.38. The van der Waals surface area contributed by atoms with Crippen molar-refractivity contribution >= 4 is 0 Å². The van der Waals surface area contributed by atoms with Gasteiger partial charge in [-0.25, -0.2) is 0 Å². The molecule has 2 aromatic rings. The van der Waals surface area contributed by atoms with Gasteiger partial charge in [0.1, 0.15) is 5.82 Å². The molecule has 0 aliphatic carbocycles. The smallest absolute Gasteiger partial charge is 0.416 e. The van der Waals surface area contributed by atoms with Crippen LogP contribution in [0, 0.1) is 0 Å². The largest absolute Gasteiger partial charge is 0.493 e. The maximum Gasteiger partial charge on any atom is 0.416 e. The predicted molar refractivity (Wildman–Crippen MR) is 71.0 cm³/mol. The second-order valence-electron chi connectivity index (χ2n) is 4.89. The van der Waals surface area contributed by atoms with E-state index in [1.807, 2.05) is 0 Å². The summed E-state index contributed by atoms with van der Waals surface area (Å²) in [6.07, 6.45) is -4.49. The Kier molecular flexibility index (Phi) is 3.76. The van der Waals surface area contributed by atoms with E-state index < -0.39 is 23.2 Å². The number of benzene rings is 1. The van der Waals surface area contributed by atoms with Crippen LogP contribution in [-0.2, 0) is 6.18 Å². The highest BCUT2D eigenvalue weighted by Gasteiger charge is 2.30. The molecule has 1 aromatic heterocycles. The van der Waals surface area contributed by atoms with E-state index in [9.17, 15) is 23.1 Å². The van der Waals surface area contributed by atoms with Gasteiger partial charge in [-0.05, 0) is 18.1 Å². The van der Waals surface area contributed by atoms with Gasteiger partial charge in [0.25, 0.3) is 5.56 Å².